The Hall–Kier alpha value is -0.0900. The number of rotatable bonds is 5. The zero-order valence-electron chi connectivity index (χ0n) is 11.2. The fourth-order valence-corrected chi connectivity index (χ4v) is 3.94. The summed E-state index contributed by atoms with van der Waals surface area (Å²) in [4.78, 5) is 5.06. The van der Waals surface area contributed by atoms with Gasteiger partial charge >= 0.3 is 0 Å². The van der Waals surface area contributed by atoms with Crippen molar-refractivity contribution >= 4 is 40.6 Å². The van der Waals surface area contributed by atoms with Crippen LogP contribution in [-0.4, -0.2) is 18.1 Å². The fourth-order valence-electron chi connectivity index (χ4n) is 2.60. The van der Waals surface area contributed by atoms with Crippen LogP contribution < -0.4 is 5.32 Å². The maximum atomic E-state index is 6.11. The second-order valence-electron chi connectivity index (χ2n) is 4.96. The number of hydrogen-bond donors (Lipinski definition) is 1. The summed E-state index contributed by atoms with van der Waals surface area (Å²) in [6.07, 6.45) is 8.84. The summed E-state index contributed by atoms with van der Waals surface area (Å²) in [6.45, 7) is 4.06. The lowest BCUT2D eigenvalue weighted by atomic mass is 9.83. The van der Waals surface area contributed by atoms with Gasteiger partial charge in [0.2, 0.25) is 0 Å². The van der Waals surface area contributed by atoms with E-state index in [0.29, 0.717) is 15.5 Å². The molecule has 106 valence electrons. The second kappa shape index (κ2) is 7.63. The van der Waals surface area contributed by atoms with Crippen LogP contribution in [0, 0.1) is 5.92 Å². The summed E-state index contributed by atoms with van der Waals surface area (Å²) in [5.74, 6) is 0.685. The van der Waals surface area contributed by atoms with E-state index in [4.69, 9.17) is 23.2 Å². The molecule has 0 unspecified atom stereocenters. The molecule has 1 heterocycles. The molecule has 1 N–H and O–H groups in total. The lowest BCUT2D eigenvalue weighted by Gasteiger charge is -2.24. The van der Waals surface area contributed by atoms with Crippen molar-refractivity contribution in [1.29, 1.82) is 0 Å². The van der Waals surface area contributed by atoms with E-state index in [1.54, 1.807) is 0 Å². The zero-order valence-corrected chi connectivity index (χ0v) is 13.5. The first-order valence-corrected chi connectivity index (χ1v) is 8.51. The Morgan fingerprint density at radius 2 is 2.11 bits per heavy atom. The Kier molecular flexibility index (Phi) is 6.14. The lowest BCUT2D eigenvalue weighted by molar-refractivity contribution is 0.397. The van der Waals surface area contributed by atoms with Crippen molar-refractivity contribution in [3.8, 4) is 0 Å². The summed E-state index contributed by atoms with van der Waals surface area (Å²) in [6, 6.07) is 0. The normalized spacial score (nSPS) is 17.9. The quantitative estimate of drug-likeness (QED) is 0.824. The molecule has 1 aliphatic carbocycles. The molecule has 2 rings (SSSR count). The molecule has 1 aromatic heterocycles. The van der Waals surface area contributed by atoms with Gasteiger partial charge in [-0.15, -0.1) is 11.3 Å². The van der Waals surface area contributed by atoms with Gasteiger partial charge < -0.3 is 5.32 Å². The van der Waals surface area contributed by atoms with Crippen LogP contribution in [0.3, 0.4) is 0 Å². The van der Waals surface area contributed by atoms with E-state index in [9.17, 15) is 0 Å². The Morgan fingerprint density at radius 3 is 2.68 bits per heavy atom. The van der Waals surface area contributed by atoms with Crippen molar-refractivity contribution in [3.05, 3.63) is 20.1 Å². The van der Waals surface area contributed by atoms with Crippen LogP contribution in [0.25, 0.3) is 6.08 Å². The number of halogens is 2. The first-order valence-electron chi connectivity index (χ1n) is 6.93. The van der Waals surface area contributed by atoms with Gasteiger partial charge in [-0.05, 0) is 31.4 Å². The first-order chi connectivity index (χ1) is 9.20. The largest absolute Gasteiger partial charge is 0.313 e. The molecule has 1 aliphatic rings. The highest BCUT2D eigenvalue weighted by molar-refractivity contribution is 7.17. The highest BCUT2D eigenvalue weighted by Gasteiger charge is 2.18. The monoisotopic (exact) mass is 318 g/mol. The van der Waals surface area contributed by atoms with Crippen molar-refractivity contribution in [3.63, 3.8) is 0 Å². The molecular formula is C14H20Cl2N2S. The number of hydrogen-bond acceptors (Lipinski definition) is 3. The van der Waals surface area contributed by atoms with Gasteiger partial charge in [0.05, 0.1) is 4.88 Å². The van der Waals surface area contributed by atoms with Crippen LogP contribution in [0.4, 0.5) is 0 Å². The molecular weight excluding hydrogens is 299 g/mol. The van der Waals surface area contributed by atoms with Gasteiger partial charge in [-0.1, -0.05) is 55.0 Å². The Balaban J connectivity index is 2.17. The van der Waals surface area contributed by atoms with E-state index in [1.807, 2.05) is 0 Å². The van der Waals surface area contributed by atoms with E-state index < -0.39 is 0 Å². The molecule has 0 spiro atoms. The average Bonchev–Trinajstić information content (AvgIpc) is 2.73. The SMILES string of the molecule is CCNCC(=Cc1sc(Cl)nc1Cl)C1CCCCC1. The minimum absolute atomic E-state index is 0.516. The molecule has 0 atom stereocenters. The molecule has 5 heteroatoms. The summed E-state index contributed by atoms with van der Waals surface area (Å²) >= 11 is 13.5. The fraction of sp³-hybridized carbons (Fsp3) is 0.643. The molecule has 0 aliphatic heterocycles. The number of thiazole rings is 1. The molecule has 0 amide bonds. The van der Waals surface area contributed by atoms with Crippen LogP contribution in [0.15, 0.2) is 5.57 Å². The van der Waals surface area contributed by atoms with Gasteiger partial charge in [-0.3, -0.25) is 0 Å². The van der Waals surface area contributed by atoms with E-state index >= 15 is 0 Å². The third-order valence-electron chi connectivity index (χ3n) is 3.61. The molecule has 0 bridgehead atoms. The summed E-state index contributed by atoms with van der Waals surface area (Å²) in [7, 11) is 0. The second-order valence-corrected chi connectivity index (χ2v) is 6.93. The Labute approximate surface area is 129 Å². The minimum Gasteiger partial charge on any atom is -0.313 e. The maximum absolute atomic E-state index is 6.11. The molecule has 2 nitrogen and oxygen atoms in total. The number of likely N-dealkylation sites (N-methyl/N-ethyl adjacent to an activating group) is 1. The first kappa shape index (κ1) is 15.3. The third kappa shape index (κ3) is 4.45. The maximum Gasteiger partial charge on any atom is 0.185 e. The lowest BCUT2D eigenvalue weighted by Crippen LogP contribution is -2.22. The highest BCUT2D eigenvalue weighted by atomic mass is 35.5. The predicted molar refractivity (Wildman–Crippen MR) is 85.2 cm³/mol. The van der Waals surface area contributed by atoms with Crippen molar-refractivity contribution in [2.75, 3.05) is 13.1 Å². The smallest absolute Gasteiger partial charge is 0.185 e. The van der Waals surface area contributed by atoms with Crippen LogP contribution >= 0.6 is 34.5 Å². The van der Waals surface area contributed by atoms with Crippen LogP contribution in [0.2, 0.25) is 9.62 Å². The molecule has 1 fully saturated rings. The van der Waals surface area contributed by atoms with E-state index in [2.05, 4.69) is 23.3 Å². The minimum atomic E-state index is 0.516. The van der Waals surface area contributed by atoms with Crippen LogP contribution in [0.1, 0.15) is 43.9 Å². The van der Waals surface area contributed by atoms with Crippen molar-refractivity contribution in [1.82, 2.24) is 10.3 Å². The molecule has 1 aromatic rings. The molecule has 0 radical (unpaired) electrons. The standard InChI is InChI=1S/C14H20Cl2N2S/c1-2-17-9-11(10-6-4-3-5-7-10)8-12-13(15)18-14(16)19-12/h8,10,17H,2-7,9H2,1H3. The summed E-state index contributed by atoms with van der Waals surface area (Å²) < 4.78 is 0.516. The summed E-state index contributed by atoms with van der Waals surface area (Å²) in [5, 5.41) is 3.96. The highest BCUT2D eigenvalue weighted by Crippen LogP contribution is 2.34. The zero-order chi connectivity index (χ0) is 13.7. The Morgan fingerprint density at radius 1 is 1.37 bits per heavy atom. The molecule has 1 saturated carbocycles. The average molecular weight is 319 g/mol. The van der Waals surface area contributed by atoms with Gasteiger partial charge in [-0.25, -0.2) is 4.98 Å². The van der Waals surface area contributed by atoms with Crippen LogP contribution in [0.5, 0.6) is 0 Å². The van der Waals surface area contributed by atoms with Gasteiger partial charge in [0.1, 0.15) is 5.15 Å². The van der Waals surface area contributed by atoms with E-state index in [1.165, 1.54) is 49.0 Å². The molecule has 0 aromatic carbocycles. The Bertz CT molecular complexity index is 437. The van der Waals surface area contributed by atoms with E-state index in [-0.39, 0.29) is 0 Å². The topological polar surface area (TPSA) is 24.9 Å². The van der Waals surface area contributed by atoms with Gasteiger partial charge in [0.25, 0.3) is 0 Å². The summed E-state index contributed by atoms with van der Waals surface area (Å²) in [5.41, 5.74) is 1.45. The van der Waals surface area contributed by atoms with Crippen molar-refractivity contribution < 1.29 is 0 Å². The van der Waals surface area contributed by atoms with Gasteiger partial charge in [0, 0.05) is 6.54 Å². The van der Waals surface area contributed by atoms with Crippen molar-refractivity contribution in [2.45, 2.75) is 39.0 Å². The number of aromatic nitrogens is 1. The number of nitrogens with one attached hydrogen (secondary N) is 1. The molecule has 0 saturated heterocycles. The van der Waals surface area contributed by atoms with Gasteiger partial charge in [0.15, 0.2) is 4.47 Å². The van der Waals surface area contributed by atoms with E-state index in [0.717, 1.165) is 18.0 Å². The van der Waals surface area contributed by atoms with Crippen LogP contribution in [-0.2, 0) is 0 Å². The predicted octanol–water partition coefficient (Wildman–Crippen LogP) is 5.02. The van der Waals surface area contributed by atoms with Gasteiger partial charge in [-0.2, -0.15) is 0 Å². The number of nitrogens with zero attached hydrogens (tertiary/aromatic N) is 1. The van der Waals surface area contributed by atoms with Crippen molar-refractivity contribution in [2.24, 2.45) is 5.92 Å². The third-order valence-corrected chi connectivity index (χ3v) is 5.12. The molecule has 19 heavy (non-hydrogen) atoms.